The first-order valence-electron chi connectivity index (χ1n) is 8.18. The zero-order valence-corrected chi connectivity index (χ0v) is 15.2. The fraction of sp³-hybridized carbons (Fsp3) is 0.611. The highest BCUT2D eigenvalue weighted by Crippen LogP contribution is 2.25. The molecule has 5 heteroatoms. The Morgan fingerprint density at radius 3 is 2.65 bits per heavy atom. The summed E-state index contributed by atoms with van der Waals surface area (Å²) < 4.78 is 5.75. The number of ether oxygens (including phenoxy) is 1. The van der Waals surface area contributed by atoms with Gasteiger partial charge in [0.25, 0.3) is 0 Å². The molecule has 0 saturated carbocycles. The zero-order valence-electron chi connectivity index (χ0n) is 14.4. The number of rotatable bonds is 5. The van der Waals surface area contributed by atoms with Crippen LogP contribution in [-0.4, -0.2) is 32.1 Å². The normalized spacial score (nSPS) is 15.6. The van der Waals surface area contributed by atoms with Gasteiger partial charge in [0.1, 0.15) is 12.4 Å². The number of nitrogens with one attached hydrogen (secondary N) is 2. The van der Waals surface area contributed by atoms with E-state index in [-0.39, 0.29) is 29.6 Å². The van der Waals surface area contributed by atoms with Gasteiger partial charge in [-0.1, -0.05) is 32.9 Å². The number of hydrogen-bond donors (Lipinski definition) is 2. The third-order valence-corrected chi connectivity index (χ3v) is 4.08. The molecule has 1 saturated heterocycles. The van der Waals surface area contributed by atoms with E-state index in [0.29, 0.717) is 13.2 Å². The van der Waals surface area contributed by atoms with Crippen LogP contribution in [0.5, 0.6) is 5.75 Å². The molecule has 1 aromatic carbocycles. The molecule has 0 aliphatic carbocycles. The molecular weight excluding hydrogens is 312 g/mol. The Balaban J connectivity index is 0.00000264. The van der Waals surface area contributed by atoms with Crippen LogP contribution >= 0.6 is 12.4 Å². The van der Waals surface area contributed by atoms with E-state index in [1.54, 1.807) is 0 Å². The van der Waals surface area contributed by atoms with Crippen LogP contribution in [0.15, 0.2) is 24.3 Å². The summed E-state index contributed by atoms with van der Waals surface area (Å²) in [6.07, 6.45) is 1.86. The minimum atomic E-state index is 0. The monoisotopic (exact) mass is 340 g/mol. The van der Waals surface area contributed by atoms with Gasteiger partial charge in [-0.15, -0.1) is 12.4 Å². The van der Waals surface area contributed by atoms with Gasteiger partial charge >= 0.3 is 0 Å². The Morgan fingerprint density at radius 2 is 2.00 bits per heavy atom. The summed E-state index contributed by atoms with van der Waals surface area (Å²) in [5.74, 6) is 1.18. The van der Waals surface area contributed by atoms with Crippen LogP contribution in [0.3, 0.4) is 0 Å². The molecule has 0 atom stereocenters. The smallest absolute Gasteiger partial charge is 0.223 e. The van der Waals surface area contributed by atoms with Crippen LogP contribution in [0.25, 0.3) is 0 Å². The quantitative estimate of drug-likeness (QED) is 0.810. The Morgan fingerprint density at radius 1 is 1.30 bits per heavy atom. The lowest BCUT2D eigenvalue weighted by atomic mass is 9.87. The van der Waals surface area contributed by atoms with Crippen molar-refractivity contribution in [2.45, 2.75) is 39.0 Å². The van der Waals surface area contributed by atoms with Crippen molar-refractivity contribution in [2.24, 2.45) is 5.92 Å². The minimum Gasteiger partial charge on any atom is -0.492 e. The lowest BCUT2D eigenvalue weighted by Gasteiger charge is -2.22. The summed E-state index contributed by atoms with van der Waals surface area (Å²) in [5.41, 5.74) is 1.37. The molecule has 1 fully saturated rings. The van der Waals surface area contributed by atoms with Gasteiger partial charge in [0.05, 0.1) is 6.54 Å². The van der Waals surface area contributed by atoms with Crippen molar-refractivity contribution in [1.29, 1.82) is 0 Å². The van der Waals surface area contributed by atoms with Crippen molar-refractivity contribution < 1.29 is 9.53 Å². The van der Waals surface area contributed by atoms with E-state index in [1.165, 1.54) is 5.56 Å². The number of piperidine rings is 1. The van der Waals surface area contributed by atoms with Crippen molar-refractivity contribution in [3.8, 4) is 5.75 Å². The third kappa shape index (κ3) is 6.40. The van der Waals surface area contributed by atoms with Crippen molar-refractivity contribution in [1.82, 2.24) is 10.6 Å². The highest BCUT2D eigenvalue weighted by molar-refractivity contribution is 5.85. The molecule has 130 valence electrons. The standard InChI is InChI=1S/C18H28N2O2.ClH/c1-18(2,3)15-5-4-6-16(13-15)22-12-11-20-17(21)14-7-9-19-10-8-14;/h4-6,13-14,19H,7-12H2,1-3H3,(H,20,21);1H. The van der Waals surface area contributed by atoms with Gasteiger partial charge in [0, 0.05) is 5.92 Å². The minimum absolute atomic E-state index is 0. The summed E-state index contributed by atoms with van der Waals surface area (Å²) in [5, 5.41) is 6.25. The second-order valence-corrected chi connectivity index (χ2v) is 6.94. The van der Waals surface area contributed by atoms with Crippen molar-refractivity contribution in [3.63, 3.8) is 0 Å². The van der Waals surface area contributed by atoms with E-state index in [4.69, 9.17) is 4.74 Å². The van der Waals surface area contributed by atoms with Crippen LogP contribution in [-0.2, 0) is 10.2 Å². The molecule has 0 spiro atoms. The Labute approximate surface area is 145 Å². The SMILES string of the molecule is CC(C)(C)c1cccc(OCCNC(=O)C2CCNCC2)c1.Cl. The summed E-state index contributed by atoms with van der Waals surface area (Å²) in [6, 6.07) is 8.17. The number of carbonyl (C=O) groups excluding carboxylic acids is 1. The molecule has 0 radical (unpaired) electrons. The van der Waals surface area contributed by atoms with E-state index in [0.717, 1.165) is 31.7 Å². The maximum atomic E-state index is 12.0. The van der Waals surface area contributed by atoms with E-state index in [2.05, 4.69) is 43.5 Å². The highest BCUT2D eigenvalue weighted by atomic mass is 35.5. The lowest BCUT2D eigenvalue weighted by molar-refractivity contribution is -0.125. The maximum absolute atomic E-state index is 12.0. The van der Waals surface area contributed by atoms with Crippen LogP contribution in [0.1, 0.15) is 39.2 Å². The average molecular weight is 341 g/mol. The molecule has 0 aromatic heterocycles. The molecule has 1 aliphatic heterocycles. The third-order valence-electron chi connectivity index (χ3n) is 4.08. The lowest BCUT2D eigenvalue weighted by Crippen LogP contribution is -2.39. The molecule has 1 heterocycles. The summed E-state index contributed by atoms with van der Waals surface area (Å²) in [7, 11) is 0. The molecule has 2 N–H and O–H groups in total. The fourth-order valence-corrected chi connectivity index (χ4v) is 2.62. The first-order chi connectivity index (χ1) is 10.5. The van der Waals surface area contributed by atoms with Gasteiger partial charge in [-0.3, -0.25) is 4.79 Å². The molecule has 0 unspecified atom stereocenters. The van der Waals surface area contributed by atoms with Gasteiger partial charge in [-0.2, -0.15) is 0 Å². The maximum Gasteiger partial charge on any atom is 0.223 e. The van der Waals surface area contributed by atoms with E-state index >= 15 is 0 Å². The van der Waals surface area contributed by atoms with E-state index in [9.17, 15) is 4.79 Å². The number of halogens is 1. The average Bonchev–Trinajstić information content (AvgIpc) is 2.52. The predicted octanol–water partition coefficient (Wildman–Crippen LogP) is 2.90. The Hall–Kier alpha value is -1.26. The first-order valence-corrected chi connectivity index (χ1v) is 8.18. The van der Waals surface area contributed by atoms with E-state index < -0.39 is 0 Å². The van der Waals surface area contributed by atoms with Crippen LogP contribution in [0, 0.1) is 5.92 Å². The Bertz CT molecular complexity index is 494. The molecular formula is C18H29ClN2O2. The number of benzene rings is 1. The predicted molar refractivity (Wildman–Crippen MR) is 96.5 cm³/mol. The number of amides is 1. The van der Waals surface area contributed by atoms with Crippen molar-refractivity contribution in [3.05, 3.63) is 29.8 Å². The van der Waals surface area contributed by atoms with E-state index in [1.807, 2.05) is 12.1 Å². The van der Waals surface area contributed by atoms with Gasteiger partial charge in [-0.05, 0) is 49.0 Å². The van der Waals surface area contributed by atoms with Gasteiger partial charge < -0.3 is 15.4 Å². The summed E-state index contributed by atoms with van der Waals surface area (Å²) in [4.78, 5) is 12.0. The van der Waals surface area contributed by atoms with Crippen LogP contribution in [0.4, 0.5) is 0 Å². The van der Waals surface area contributed by atoms with Crippen LogP contribution in [0.2, 0.25) is 0 Å². The van der Waals surface area contributed by atoms with Gasteiger partial charge in [0.15, 0.2) is 0 Å². The largest absolute Gasteiger partial charge is 0.492 e. The highest BCUT2D eigenvalue weighted by Gasteiger charge is 2.20. The van der Waals surface area contributed by atoms with Gasteiger partial charge in [-0.25, -0.2) is 0 Å². The Kier molecular flexibility index (Phi) is 7.86. The second kappa shape index (κ2) is 9.14. The topological polar surface area (TPSA) is 50.4 Å². The summed E-state index contributed by atoms with van der Waals surface area (Å²) >= 11 is 0. The molecule has 4 nitrogen and oxygen atoms in total. The molecule has 1 amide bonds. The van der Waals surface area contributed by atoms with Gasteiger partial charge in [0.2, 0.25) is 5.91 Å². The fourth-order valence-electron chi connectivity index (χ4n) is 2.62. The van der Waals surface area contributed by atoms with Crippen molar-refractivity contribution >= 4 is 18.3 Å². The molecule has 1 aromatic rings. The number of carbonyl (C=O) groups is 1. The van der Waals surface area contributed by atoms with Crippen molar-refractivity contribution in [2.75, 3.05) is 26.2 Å². The molecule has 2 rings (SSSR count). The second-order valence-electron chi connectivity index (χ2n) is 6.94. The van der Waals surface area contributed by atoms with Crippen LogP contribution < -0.4 is 15.4 Å². The summed E-state index contributed by atoms with van der Waals surface area (Å²) in [6.45, 7) is 9.50. The molecule has 23 heavy (non-hydrogen) atoms. The molecule has 1 aliphatic rings. The first kappa shape index (κ1) is 19.8. The number of hydrogen-bond acceptors (Lipinski definition) is 3. The zero-order chi connectivity index (χ0) is 16.0. The molecule has 0 bridgehead atoms.